The third-order valence-corrected chi connectivity index (χ3v) is 4.99. The molecular weight excluding hydrogens is 420 g/mol. The molecule has 0 aromatic heterocycles. The van der Waals surface area contributed by atoms with Gasteiger partial charge in [0, 0.05) is 12.6 Å². The second-order valence-electron chi connectivity index (χ2n) is 7.42. The summed E-state index contributed by atoms with van der Waals surface area (Å²) in [5, 5.41) is 17.7. The van der Waals surface area contributed by atoms with E-state index in [0.29, 0.717) is 19.0 Å². The molecule has 9 heteroatoms. The van der Waals surface area contributed by atoms with Crippen LogP contribution in [0.5, 0.6) is 0 Å². The van der Waals surface area contributed by atoms with Crippen molar-refractivity contribution < 1.29 is 28.3 Å². The van der Waals surface area contributed by atoms with Crippen LogP contribution in [0.2, 0.25) is 0 Å². The Morgan fingerprint density at radius 2 is 1.75 bits per heavy atom. The van der Waals surface area contributed by atoms with E-state index in [1.54, 1.807) is 6.08 Å². The van der Waals surface area contributed by atoms with E-state index in [0.717, 1.165) is 23.3 Å². The van der Waals surface area contributed by atoms with Crippen molar-refractivity contribution in [1.29, 1.82) is 0 Å². The summed E-state index contributed by atoms with van der Waals surface area (Å²) in [6.07, 6.45) is 0.375. The number of rotatable bonds is 6. The van der Waals surface area contributed by atoms with Crippen molar-refractivity contribution in [3.8, 4) is 0 Å². The number of halogens is 2. The minimum absolute atomic E-state index is 0.286. The highest BCUT2D eigenvalue weighted by Crippen LogP contribution is 2.20. The first-order valence-corrected chi connectivity index (χ1v) is 10.0. The SMILES string of the molecule is C[C@H](NC(=O)[C@@H](O)c1cc(F)cc(F)c1)C(=O)N[C@H]1C=C(c2ccccc2)CCNC1=O. The lowest BCUT2D eigenvalue weighted by molar-refractivity contribution is -0.134. The first-order valence-electron chi connectivity index (χ1n) is 10.0. The zero-order chi connectivity index (χ0) is 23.3. The van der Waals surface area contributed by atoms with Crippen molar-refractivity contribution in [2.45, 2.75) is 31.5 Å². The lowest BCUT2D eigenvalue weighted by Crippen LogP contribution is -2.52. The summed E-state index contributed by atoms with van der Waals surface area (Å²) in [4.78, 5) is 37.2. The topological polar surface area (TPSA) is 108 Å². The van der Waals surface area contributed by atoms with Crippen LogP contribution in [0, 0.1) is 11.6 Å². The normalized spacial score (nSPS) is 17.9. The fourth-order valence-electron chi connectivity index (χ4n) is 3.31. The Morgan fingerprint density at radius 1 is 1.09 bits per heavy atom. The van der Waals surface area contributed by atoms with Crippen LogP contribution < -0.4 is 16.0 Å². The molecule has 1 heterocycles. The molecular formula is C23H23F2N3O4. The van der Waals surface area contributed by atoms with E-state index < -0.39 is 47.5 Å². The highest BCUT2D eigenvalue weighted by Gasteiger charge is 2.27. The molecule has 1 aliphatic rings. The predicted octanol–water partition coefficient (Wildman–Crippen LogP) is 1.59. The van der Waals surface area contributed by atoms with Crippen molar-refractivity contribution in [3.63, 3.8) is 0 Å². The summed E-state index contributed by atoms with van der Waals surface area (Å²) in [5.74, 6) is -3.96. The van der Waals surface area contributed by atoms with Crippen molar-refractivity contribution in [2.75, 3.05) is 6.54 Å². The second-order valence-corrected chi connectivity index (χ2v) is 7.42. The van der Waals surface area contributed by atoms with Gasteiger partial charge in [-0.25, -0.2) is 8.78 Å². The van der Waals surface area contributed by atoms with Gasteiger partial charge in [0.15, 0.2) is 6.10 Å². The molecule has 0 fully saturated rings. The molecule has 0 spiro atoms. The van der Waals surface area contributed by atoms with E-state index in [4.69, 9.17) is 0 Å². The maximum Gasteiger partial charge on any atom is 0.254 e. The Morgan fingerprint density at radius 3 is 2.41 bits per heavy atom. The van der Waals surface area contributed by atoms with Gasteiger partial charge in [-0.3, -0.25) is 14.4 Å². The Hall–Kier alpha value is -3.59. The molecule has 0 saturated carbocycles. The third kappa shape index (κ3) is 5.76. The number of amides is 3. The Labute approximate surface area is 183 Å². The maximum absolute atomic E-state index is 13.3. The third-order valence-electron chi connectivity index (χ3n) is 4.99. The summed E-state index contributed by atoms with van der Waals surface area (Å²) in [5.41, 5.74) is 1.52. The van der Waals surface area contributed by atoms with Crippen LogP contribution in [0.4, 0.5) is 8.78 Å². The van der Waals surface area contributed by atoms with Gasteiger partial charge in [0.1, 0.15) is 23.7 Å². The number of hydrogen-bond donors (Lipinski definition) is 4. The lowest BCUT2D eigenvalue weighted by Gasteiger charge is -2.20. The number of aliphatic hydroxyl groups excluding tert-OH is 1. The van der Waals surface area contributed by atoms with Gasteiger partial charge >= 0.3 is 0 Å². The number of carbonyl (C=O) groups is 3. The van der Waals surface area contributed by atoms with Gasteiger partial charge in [-0.1, -0.05) is 30.3 Å². The standard InChI is InChI=1S/C23H23F2N3O4/c1-13(27-23(32)20(29)16-9-17(24)12-18(25)10-16)21(30)28-19-11-15(7-8-26-22(19)31)14-5-3-2-4-6-14/h2-6,9-13,19-20,29H,7-8H2,1H3,(H,26,31)(H,27,32)(H,28,30)/t13-,19-,20-/m0/s1. The molecule has 0 bridgehead atoms. The summed E-state index contributed by atoms with van der Waals surface area (Å²) >= 11 is 0. The van der Waals surface area contributed by atoms with Crippen LogP contribution in [-0.4, -0.2) is 41.5 Å². The van der Waals surface area contributed by atoms with Gasteiger partial charge in [0.25, 0.3) is 5.91 Å². The maximum atomic E-state index is 13.3. The Balaban J connectivity index is 1.67. The highest BCUT2D eigenvalue weighted by atomic mass is 19.1. The number of benzene rings is 2. The van der Waals surface area contributed by atoms with Crippen LogP contribution >= 0.6 is 0 Å². The van der Waals surface area contributed by atoms with Crippen LogP contribution in [0.25, 0.3) is 5.57 Å². The molecule has 0 unspecified atom stereocenters. The average molecular weight is 443 g/mol. The monoisotopic (exact) mass is 443 g/mol. The van der Waals surface area contributed by atoms with Crippen LogP contribution in [0.15, 0.2) is 54.6 Å². The summed E-state index contributed by atoms with van der Waals surface area (Å²) in [6.45, 7) is 1.77. The average Bonchev–Trinajstić information content (AvgIpc) is 2.94. The fraction of sp³-hybridized carbons (Fsp3) is 0.261. The molecule has 3 rings (SSSR count). The molecule has 0 aliphatic carbocycles. The minimum Gasteiger partial charge on any atom is -0.378 e. The van der Waals surface area contributed by atoms with Crippen LogP contribution in [0.3, 0.4) is 0 Å². The molecule has 2 aromatic carbocycles. The van der Waals surface area contributed by atoms with Crippen LogP contribution in [-0.2, 0) is 14.4 Å². The number of aliphatic hydroxyl groups is 1. The smallest absolute Gasteiger partial charge is 0.254 e. The molecule has 168 valence electrons. The fourth-order valence-corrected chi connectivity index (χ4v) is 3.31. The lowest BCUT2D eigenvalue weighted by atomic mass is 10.0. The zero-order valence-corrected chi connectivity index (χ0v) is 17.3. The first-order chi connectivity index (χ1) is 15.2. The van der Waals surface area contributed by atoms with E-state index >= 15 is 0 Å². The molecule has 0 saturated heterocycles. The molecule has 0 radical (unpaired) electrons. The first kappa shape index (κ1) is 23.1. The van der Waals surface area contributed by atoms with Gasteiger partial charge in [0.05, 0.1) is 0 Å². The summed E-state index contributed by atoms with van der Waals surface area (Å²) in [7, 11) is 0. The van der Waals surface area contributed by atoms with Gasteiger partial charge in [-0.15, -0.1) is 0 Å². The summed E-state index contributed by atoms with van der Waals surface area (Å²) in [6, 6.07) is 9.60. The van der Waals surface area contributed by atoms with E-state index in [-0.39, 0.29) is 5.56 Å². The van der Waals surface area contributed by atoms with Crippen molar-refractivity contribution in [1.82, 2.24) is 16.0 Å². The van der Waals surface area contributed by atoms with E-state index in [1.165, 1.54) is 6.92 Å². The van der Waals surface area contributed by atoms with Gasteiger partial charge in [0.2, 0.25) is 11.8 Å². The molecule has 32 heavy (non-hydrogen) atoms. The van der Waals surface area contributed by atoms with Crippen molar-refractivity contribution in [3.05, 3.63) is 77.4 Å². The predicted molar refractivity (Wildman–Crippen MR) is 113 cm³/mol. The summed E-state index contributed by atoms with van der Waals surface area (Å²) < 4.78 is 26.7. The number of carbonyl (C=O) groups excluding carboxylic acids is 3. The highest BCUT2D eigenvalue weighted by molar-refractivity contribution is 5.95. The Bertz CT molecular complexity index is 1020. The van der Waals surface area contributed by atoms with Gasteiger partial charge < -0.3 is 21.1 Å². The number of nitrogens with one attached hydrogen (secondary N) is 3. The quantitative estimate of drug-likeness (QED) is 0.544. The van der Waals surface area contributed by atoms with Gasteiger partial charge in [-0.05, 0) is 48.3 Å². The molecule has 3 atom stereocenters. The second kappa shape index (κ2) is 10.1. The minimum atomic E-state index is -1.87. The van der Waals surface area contributed by atoms with Crippen molar-refractivity contribution >= 4 is 23.3 Å². The van der Waals surface area contributed by atoms with E-state index in [2.05, 4.69) is 16.0 Å². The molecule has 2 aromatic rings. The largest absolute Gasteiger partial charge is 0.378 e. The molecule has 7 nitrogen and oxygen atoms in total. The van der Waals surface area contributed by atoms with Crippen molar-refractivity contribution in [2.24, 2.45) is 0 Å². The molecule has 3 amide bonds. The number of hydrogen-bond acceptors (Lipinski definition) is 4. The van der Waals surface area contributed by atoms with E-state index in [9.17, 15) is 28.3 Å². The Kier molecular flexibility index (Phi) is 7.32. The van der Waals surface area contributed by atoms with Gasteiger partial charge in [-0.2, -0.15) is 0 Å². The van der Waals surface area contributed by atoms with Crippen LogP contribution in [0.1, 0.15) is 30.6 Å². The zero-order valence-electron chi connectivity index (χ0n) is 17.3. The molecule has 1 aliphatic heterocycles. The van der Waals surface area contributed by atoms with E-state index in [1.807, 2.05) is 30.3 Å². The molecule has 4 N–H and O–H groups in total.